The Kier molecular flexibility index (Phi) is 9.43. The minimum Gasteiger partial charge on any atom is -0.480 e. The molecule has 0 amide bonds. The lowest BCUT2D eigenvalue weighted by atomic mass is 10.1. The average Bonchev–Trinajstić information content (AvgIpc) is 2.99. The molecule has 1 saturated heterocycles. The van der Waals surface area contributed by atoms with Crippen molar-refractivity contribution in [2.75, 3.05) is 26.7 Å². The summed E-state index contributed by atoms with van der Waals surface area (Å²) >= 11 is 0. The zero-order chi connectivity index (χ0) is 17.1. The predicted octanol–water partition coefficient (Wildman–Crippen LogP) is 1.67. The van der Waals surface area contributed by atoms with Crippen molar-refractivity contribution in [1.82, 2.24) is 15.2 Å². The SMILES string of the molecule is CCCN[C@@H](CCO)C(=O)O.CN1CCCC1c1cccnc1. The van der Waals surface area contributed by atoms with Crippen LogP contribution in [0, 0.1) is 0 Å². The van der Waals surface area contributed by atoms with Crippen LogP contribution in [0.3, 0.4) is 0 Å². The van der Waals surface area contributed by atoms with E-state index in [0.717, 1.165) is 6.42 Å². The molecule has 1 aromatic rings. The van der Waals surface area contributed by atoms with Crippen LogP contribution >= 0.6 is 0 Å². The first-order chi connectivity index (χ1) is 11.1. The van der Waals surface area contributed by atoms with Crippen molar-refractivity contribution in [3.05, 3.63) is 30.1 Å². The van der Waals surface area contributed by atoms with Crippen LogP contribution in [0.15, 0.2) is 24.5 Å². The first kappa shape index (κ1) is 19.5. The Balaban J connectivity index is 0.000000232. The molecule has 0 aliphatic carbocycles. The maximum atomic E-state index is 10.4. The Morgan fingerprint density at radius 1 is 1.57 bits per heavy atom. The van der Waals surface area contributed by atoms with Crippen molar-refractivity contribution >= 4 is 5.97 Å². The highest BCUT2D eigenvalue weighted by molar-refractivity contribution is 5.73. The molecule has 23 heavy (non-hydrogen) atoms. The molecule has 2 rings (SSSR count). The van der Waals surface area contributed by atoms with Crippen LogP contribution in [0.25, 0.3) is 0 Å². The zero-order valence-corrected chi connectivity index (χ0v) is 14.1. The van der Waals surface area contributed by atoms with Gasteiger partial charge in [0, 0.05) is 25.0 Å². The summed E-state index contributed by atoms with van der Waals surface area (Å²) in [6, 6.07) is 4.19. The first-order valence-electron chi connectivity index (χ1n) is 8.27. The molecule has 130 valence electrons. The molecule has 0 aromatic carbocycles. The molecular weight excluding hydrogens is 294 g/mol. The molecule has 0 saturated carbocycles. The van der Waals surface area contributed by atoms with E-state index < -0.39 is 12.0 Å². The van der Waals surface area contributed by atoms with E-state index in [2.05, 4.69) is 28.3 Å². The standard InChI is InChI=1S/C10H14N2.C7H15NO3/c1-12-7-3-5-10(12)9-4-2-6-11-8-9;1-2-4-8-6(3-5-9)7(10)11/h2,4,6,8,10H,3,5,7H2,1H3;6,8-9H,2-5H2,1H3,(H,10,11)/t;6-/m.0/s1. The summed E-state index contributed by atoms with van der Waals surface area (Å²) in [5.74, 6) is -0.896. The van der Waals surface area contributed by atoms with E-state index in [1.807, 2.05) is 25.4 Å². The Morgan fingerprint density at radius 3 is 2.83 bits per heavy atom. The van der Waals surface area contributed by atoms with Crippen LogP contribution in [0.1, 0.15) is 44.2 Å². The van der Waals surface area contributed by atoms with Gasteiger partial charge in [-0.15, -0.1) is 0 Å². The molecule has 1 aliphatic heterocycles. The number of aromatic nitrogens is 1. The number of aliphatic hydroxyl groups excluding tert-OH is 1. The number of carbonyl (C=O) groups is 1. The molecule has 6 nitrogen and oxygen atoms in total. The second-order valence-corrected chi connectivity index (χ2v) is 5.78. The number of likely N-dealkylation sites (tertiary alicyclic amines) is 1. The van der Waals surface area contributed by atoms with E-state index in [0.29, 0.717) is 12.6 Å². The summed E-state index contributed by atoms with van der Waals surface area (Å²) in [7, 11) is 2.19. The van der Waals surface area contributed by atoms with Gasteiger partial charge in [-0.3, -0.25) is 14.7 Å². The fourth-order valence-electron chi connectivity index (χ4n) is 2.67. The summed E-state index contributed by atoms with van der Waals surface area (Å²) < 4.78 is 0. The number of hydrogen-bond acceptors (Lipinski definition) is 5. The number of pyridine rings is 1. The number of rotatable bonds is 7. The minimum absolute atomic E-state index is 0.0896. The third-order valence-corrected chi connectivity index (χ3v) is 3.95. The van der Waals surface area contributed by atoms with Gasteiger partial charge in [-0.05, 0) is 57.5 Å². The molecule has 6 heteroatoms. The smallest absolute Gasteiger partial charge is 0.320 e. The van der Waals surface area contributed by atoms with Gasteiger partial charge in [-0.2, -0.15) is 0 Å². The van der Waals surface area contributed by atoms with Gasteiger partial charge in [-0.25, -0.2) is 0 Å². The summed E-state index contributed by atoms with van der Waals surface area (Å²) in [5.41, 5.74) is 1.36. The zero-order valence-electron chi connectivity index (χ0n) is 14.1. The molecule has 1 aromatic heterocycles. The van der Waals surface area contributed by atoms with Crippen molar-refractivity contribution in [2.45, 2.75) is 44.7 Å². The van der Waals surface area contributed by atoms with E-state index in [-0.39, 0.29) is 13.0 Å². The lowest BCUT2D eigenvalue weighted by molar-refractivity contribution is -0.139. The summed E-state index contributed by atoms with van der Waals surface area (Å²) in [4.78, 5) is 17.0. The van der Waals surface area contributed by atoms with Crippen molar-refractivity contribution in [3.8, 4) is 0 Å². The van der Waals surface area contributed by atoms with Crippen molar-refractivity contribution < 1.29 is 15.0 Å². The minimum atomic E-state index is -0.896. The van der Waals surface area contributed by atoms with Crippen LogP contribution in [0.4, 0.5) is 0 Å². The molecule has 0 bridgehead atoms. The third-order valence-electron chi connectivity index (χ3n) is 3.95. The van der Waals surface area contributed by atoms with Gasteiger partial charge >= 0.3 is 5.97 Å². The summed E-state index contributed by atoms with van der Waals surface area (Å²) in [5, 5.41) is 19.8. The second kappa shape index (κ2) is 11.1. The maximum Gasteiger partial charge on any atom is 0.320 e. The third kappa shape index (κ3) is 7.07. The molecule has 2 atom stereocenters. The van der Waals surface area contributed by atoms with Crippen LogP contribution in [0.2, 0.25) is 0 Å². The topological polar surface area (TPSA) is 85.7 Å². The number of nitrogens with one attached hydrogen (secondary N) is 1. The highest BCUT2D eigenvalue weighted by Gasteiger charge is 2.22. The number of nitrogens with zero attached hydrogens (tertiary/aromatic N) is 2. The molecular formula is C17H29N3O3. The van der Waals surface area contributed by atoms with Crippen LogP contribution in [-0.2, 0) is 4.79 Å². The molecule has 0 radical (unpaired) electrons. The van der Waals surface area contributed by atoms with Gasteiger partial charge in [0.2, 0.25) is 0 Å². The molecule has 1 aliphatic rings. The van der Waals surface area contributed by atoms with Crippen LogP contribution in [0.5, 0.6) is 0 Å². The van der Waals surface area contributed by atoms with E-state index in [9.17, 15) is 4.79 Å². The molecule has 0 spiro atoms. The predicted molar refractivity (Wildman–Crippen MR) is 90.3 cm³/mol. The highest BCUT2D eigenvalue weighted by atomic mass is 16.4. The quantitative estimate of drug-likeness (QED) is 0.708. The fourth-order valence-corrected chi connectivity index (χ4v) is 2.67. The Bertz CT molecular complexity index is 442. The van der Waals surface area contributed by atoms with Crippen molar-refractivity contribution in [2.24, 2.45) is 0 Å². The van der Waals surface area contributed by atoms with Gasteiger partial charge < -0.3 is 15.5 Å². The van der Waals surface area contributed by atoms with Gasteiger partial charge in [0.1, 0.15) is 6.04 Å². The van der Waals surface area contributed by atoms with Gasteiger partial charge in [0.05, 0.1) is 0 Å². The molecule has 1 unspecified atom stereocenters. The van der Waals surface area contributed by atoms with Gasteiger partial charge in [0.15, 0.2) is 0 Å². The second-order valence-electron chi connectivity index (χ2n) is 5.78. The van der Waals surface area contributed by atoms with E-state index in [1.165, 1.54) is 24.9 Å². The van der Waals surface area contributed by atoms with Crippen molar-refractivity contribution in [1.29, 1.82) is 0 Å². The maximum absolute atomic E-state index is 10.4. The van der Waals surface area contributed by atoms with E-state index >= 15 is 0 Å². The Hall–Kier alpha value is -1.50. The summed E-state index contributed by atoms with van der Waals surface area (Å²) in [6.45, 7) is 3.77. The van der Waals surface area contributed by atoms with Crippen LogP contribution < -0.4 is 5.32 Å². The van der Waals surface area contributed by atoms with Gasteiger partial charge in [-0.1, -0.05) is 13.0 Å². The monoisotopic (exact) mass is 323 g/mol. The highest BCUT2D eigenvalue weighted by Crippen LogP contribution is 2.29. The first-order valence-corrected chi connectivity index (χ1v) is 8.27. The lowest BCUT2D eigenvalue weighted by Crippen LogP contribution is -2.37. The Morgan fingerprint density at radius 2 is 2.35 bits per heavy atom. The largest absolute Gasteiger partial charge is 0.480 e. The lowest BCUT2D eigenvalue weighted by Gasteiger charge is -2.18. The summed E-state index contributed by atoms with van der Waals surface area (Å²) in [6.07, 6.45) is 7.58. The Labute approximate surface area is 138 Å². The average molecular weight is 323 g/mol. The number of carboxylic acids is 1. The van der Waals surface area contributed by atoms with E-state index in [4.69, 9.17) is 10.2 Å². The number of aliphatic hydroxyl groups is 1. The number of hydrogen-bond donors (Lipinski definition) is 3. The van der Waals surface area contributed by atoms with E-state index in [1.54, 1.807) is 0 Å². The number of carboxylic acid groups (broad SMARTS) is 1. The molecule has 1 fully saturated rings. The fraction of sp³-hybridized carbons (Fsp3) is 0.647. The molecule has 2 heterocycles. The normalized spacial score (nSPS) is 19.0. The molecule has 3 N–H and O–H groups in total. The van der Waals surface area contributed by atoms with Gasteiger partial charge in [0.25, 0.3) is 0 Å². The van der Waals surface area contributed by atoms with Crippen molar-refractivity contribution in [3.63, 3.8) is 0 Å². The van der Waals surface area contributed by atoms with Crippen LogP contribution in [-0.4, -0.2) is 58.9 Å². The number of aliphatic carboxylic acids is 1.